The predicted molar refractivity (Wildman–Crippen MR) is 80.9 cm³/mol. The topological polar surface area (TPSA) is 35.4 Å². The minimum Gasteiger partial charge on any atom is -0.591 e. The van der Waals surface area contributed by atoms with E-state index >= 15 is 0 Å². The van der Waals surface area contributed by atoms with Crippen LogP contribution in [0.25, 0.3) is 0 Å². The lowest BCUT2D eigenvalue weighted by molar-refractivity contribution is 0.561. The average molecular weight is 286 g/mol. The maximum Gasteiger partial charge on any atom is 0.144 e. The Labute approximate surface area is 118 Å². The van der Waals surface area contributed by atoms with Crippen LogP contribution in [0, 0.1) is 0 Å². The Morgan fingerprint density at radius 3 is 2.61 bits per heavy atom. The van der Waals surface area contributed by atoms with Crippen molar-refractivity contribution in [3.8, 4) is 0 Å². The third-order valence-electron chi connectivity index (χ3n) is 2.58. The molecule has 0 bridgehead atoms. The first-order valence-corrected chi connectivity index (χ1v) is 7.54. The summed E-state index contributed by atoms with van der Waals surface area (Å²) in [5.74, 6) is 0.162. The molecule has 0 spiro atoms. The Bertz CT molecular complexity index is 415. The number of nitrogens with zero attached hydrogens (tertiary/aromatic N) is 1. The van der Waals surface area contributed by atoms with E-state index < -0.39 is 11.4 Å². The van der Waals surface area contributed by atoms with Crippen molar-refractivity contribution in [3.63, 3.8) is 0 Å². The zero-order valence-electron chi connectivity index (χ0n) is 11.3. The SMILES string of the molecule is CCC(/C=N/[S+]([O-])C(C)(C)C)c1cccc(Cl)c1. The van der Waals surface area contributed by atoms with Crippen LogP contribution in [0.3, 0.4) is 0 Å². The van der Waals surface area contributed by atoms with Gasteiger partial charge in [0.2, 0.25) is 0 Å². The second-order valence-electron chi connectivity index (χ2n) is 5.19. The minimum absolute atomic E-state index is 0.162. The van der Waals surface area contributed by atoms with Crippen molar-refractivity contribution in [2.24, 2.45) is 4.40 Å². The molecule has 0 aromatic heterocycles. The van der Waals surface area contributed by atoms with Gasteiger partial charge in [0, 0.05) is 10.9 Å². The summed E-state index contributed by atoms with van der Waals surface area (Å²) in [7, 11) is 0. The summed E-state index contributed by atoms with van der Waals surface area (Å²) in [5.41, 5.74) is 1.11. The maximum atomic E-state index is 11.9. The van der Waals surface area contributed by atoms with Crippen molar-refractivity contribution >= 4 is 29.2 Å². The molecule has 2 unspecified atom stereocenters. The molecular weight excluding hydrogens is 266 g/mol. The van der Waals surface area contributed by atoms with Gasteiger partial charge in [0.15, 0.2) is 0 Å². The maximum absolute atomic E-state index is 11.9. The monoisotopic (exact) mass is 285 g/mol. The molecule has 0 heterocycles. The van der Waals surface area contributed by atoms with Crippen molar-refractivity contribution < 1.29 is 4.55 Å². The Kier molecular flexibility index (Phi) is 5.70. The highest BCUT2D eigenvalue weighted by atomic mass is 35.5. The van der Waals surface area contributed by atoms with Crippen molar-refractivity contribution in [2.45, 2.75) is 44.8 Å². The molecule has 100 valence electrons. The second kappa shape index (κ2) is 6.60. The van der Waals surface area contributed by atoms with E-state index in [9.17, 15) is 4.55 Å². The summed E-state index contributed by atoms with van der Waals surface area (Å²) < 4.78 is 15.7. The quantitative estimate of drug-likeness (QED) is 0.598. The first kappa shape index (κ1) is 15.5. The highest BCUT2D eigenvalue weighted by Gasteiger charge is 2.26. The third-order valence-corrected chi connectivity index (χ3v) is 4.17. The van der Waals surface area contributed by atoms with Crippen LogP contribution in [0.2, 0.25) is 5.02 Å². The first-order chi connectivity index (χ1) is 8.34. The van der Waals surface area contributed by atoms with Crippen LogP contribution in [0.1, 0.15) is 45.6 Å². The number of benzene rings is 1. The van der Waals surface area contributed by atoms with Gasteiger partial charge in [0.05, 0.1) is 6.21 Å². The Balaban J connectivity index is 2.83. The summed E-state index contributed by atoms with van der Waals surface area (Å²) in [6.07, 6.45) is 2.69. The summed E-state index contributed by atoms with van der Waals surface area (Å²) >= 11 is 4.77. The van der Waals surface area contributed by atoms with Crippen molar-refractivity contribution in [1.82, 2.24) is 0 Å². The number of rotatable bonds is 4. The fraction of sp³-hybridized carbons (Fsp3) is 0.500. The van der Waals surface area contributed by atoms with E-state index in [0.29, 0.717) is 0 Å². The van der Waals surface area contributed by atoms with Gasteiger partial charge < -0.3 is 4.55 Å². The molecule has 4 heteroatoms. The molecule has 1 aromatic rings. The molecule has 1 aromatic carbocycles. The lowest BCUT2D eigenvalue weighted by atomic mass is 9.98. The Morgan fingerprint density at radius 1 is 1.44 bits per heavy atom. The van der Waals surface area contributed by atoms with E-state index in [1.54, 1.807) is 6.21 Å². The summed E-state index contributed by atoms with van der Waals surface area (Å²) in [6, 6.07) is 7.73. The third kappa shape index (κ3) is 4.63. The molecule has 0 aliphatic carbocycles. The lowest BCUT2D eigenvalue weighted by Crippen LogP contribution is -2.26. The van der Waals surface area contributed by atoms with Crippen LogP contribution in [0.15, 0.2) is 28.7 Å². The van der Waals surface area contributed by atoms with Gasteiger partial charge in [0.25, 0.3) is 0 Å². The molecule has 0 amide bonds. The fourth-order valence-electron chi connectivity index (χ4n) is 1.45. The van der Waals surface area contributed by atoms with E-state index in [4.69, 9.17) is 11.6 Å². The van der Waals surface area contributed by atoms with Gasteiger partial charge in [-0.3, -0.25) is 0 Å². The van der Waals surface area contributed by atoms with Crippen LogP contribution in [-0.4, -0.2) is 15.5 Å². The van der Waals surface area contributed by atoms with Crippen LogP contribution in [0.5, 0.6) is 0 Å². The number of halogens is 1. The Hall–Kier alpha value is -0.510. The first-order valence-electron chi connectivity index (χ1n) is 6.06. The van der Waals surface area contributed by atoms with Crippen molar-refractivity contribution in [3.05, 3.63) is 34.9 Å². The molecule has 0 aliphatic heterocycles. The summed E-state index contributed by atoms with van der Waals surface area (Å²) in [5, 5.41) is 0.719. The van der Waals surface area contributed by atoms with Gasteiger partial charge in [-0.25, -0.2) is 0 Å². The highest BCUT2D eigenvalue weighted by Crippen LogP contribution is 2.23. The van der Waals surface area contributed by atoms with E-state index in [1.165, 1.54) is 0 Å². The van der Waals surface area contributed by atoms with Gasteiger partial charge in [-0.2, -0.15) is 0 Å². The number of hydrogen-bond donors (Lipinski definition) is 0. The molecule has 0 aliphatic rings. The normalized spacial score (nSPS) is 15.9. The van der Waals surface area contributed by atoms with Crippen molar-refractivity contribution in [2.75, 3.05) is 0 Å². The van der Waals surface area contributed by atoms with Gasteiger partial charge in [-0.05, 0) is 44.9 Å². The van der Waals surface area contributed by atoms with Crippen LogP contribution in [0.4, 0.5) is 0 Å². The molecule has 2 nitrogen and oxygen atoms in total. The molecule has 0 saturated carbocycles. The molecule has 18 heavy (non-hydrogen) atoms. The average Bonchev–Trinajstić information content (AvgIpc) is 2.28. The van der Waals surface area contributed by atoms with Gasteiger partial charge in [0.1, 0.15) is 16.1 Å². The van der Waals surface area contributed by atoms with Gasteiger partial charge in [-0.15, -0.1) is 0 Å². The fourth-order valence-corrected chi connectivity index (χ4v) is 2.22. The van der Waals surface area contributed by atoms with E-state index in [0.717, 1.165) is 17.0 Å². The van der Waals surface area contributed by atoms with E-state index in [2.05, 4.69) is 11.3 Å². The largest absolute Gasteiger partial charge is 0.591 e. The molecule has 2 atom stereocenters. The molecule has 0 fully saturated rings. The van der Waals surface area contributed by atoms with E-state index in [-0.39, 0.29) is 10.7 Å². The smallest absolute Gasteiger partial charge is 0.144 e. The predicted octanol–water partition coefficient (Wildman–Crippen LogP) is 4.37. The Morgan fingerprint density at radius 2 is 2.11 bits per heavy atom. The molecule has 0 N–H and O–H groups in total. The van der Waals surface area contributed by atoms with Gasteiger partial charge in [-0.1, -0.05) is 35.1 Å². The minimum atomic E-state index is -1.20. The highest BCUT2D eigenvalue weighted by molar-refractivity contribution is 7.91. The van der Waals surface area contributed by atoms with Crippen LogP contribution >= 0.6 is 11.6 Å². The zero-order chi connectivity index (χ0) is 13.8. The van der Waals surface area contributed by atoms with Crippen LogP contribution < -0.4 is 0 Å². The summed E-state index contributed by atoms with van der Waals surface area (Å²) in [6.45, 7) is 7.83. The molecule has 0 radical (unpaired) electrons. The van der Waals surface area contributed by atoms with Crippen molar-refractivity contribution in [1.29, 1.82) is 0 Å². The summed E-state index contributed by atoms with van der Waals surface area (Å²) in [4.78, 5) is 0. The van der Waals surface area contributed by atoms with E-state index in [1.807, 2.05) is 45.0 Å². The second-order valence-corrected chi connectivity index (χ2v) is 7.56. The molecule has 1 rings (SSSR count). The lowest BCUT2D eigenvalue weighted by Gasteiger charge is -2.18. The van der Waals surface area contributed by atoms with Gasteiger partial charge >= 0.3 is 0 Å². The van der Waals surface area contributed by atoms with Crippen LogP contribution in [-0.2, 0) is 11.4 Å². The standard InChI is InChI=1S/C14H20ClNOS/c1-5-11(10-16-18(17)14(2,3)4)12-7-6-8-13(15)9-12/h6-11H,5H2,1-4H3/b16-10+. The molecule has 0 saturated heterocycles. The molecular formula is C14H20ClNOS. The zero-order valence-corrected chi connectivity index (χ0v) is 12.9. The number of hydrogen-bond acceptors (Lipinski definition) is 2.